The van der Waals surface area contributed by atoms with Crippen molar-refractivity contribution in [2.45, 2.75) is 17.6 Å². The smallest absolute Gasteiger partial charge is 0.743 e. The second kappa shape index (κ2) is 5.25. The number of halogens is 6. The molecule has 80 valence electrons. The van der Waals surface area contributed by atoms with Gasteiger partial charge in [0, 0.05) is 0 Å². The largest absolute Gasteiger partial charge is 1.00 e. The average Bonchev–Trinajstić information content (AvgIpc) is 1.81. The van der Waals surface area contributed by atoms with Crippen LogP contribution in [0, 0.1) is 0 Å². The predicted octanol–water partition coefficient (Wildman–Crippen LogP) is -1.97. The van der Waals surface area contributed by atoms with Crippen LogP contribution in [-0.4, -0.2) is 30.6 Å². The second-order valence-electron chi connectivity index (χ2n) is 1.92. The van der Waals surface area contributed by atoms with Crippen LogP contribution in [0.5, 0.6) is 0 Å². The third-order valence-electron chi connectivity index (χ3n) is 0.916. The van der Waals surface area contributed by atoms with Crippen LogP contribution in [0.4, 0.5) is 26.3 Å². The van der Waals surface area contributed by atoms with Crippen molar-refractivity contribution in [2.75, 3.05) is 0 Å². The van der Waals surface area contributed by atoms with Gasteiger partial charge in [-0.1, -0.05) is 0 Å². The van der Waals surface area contributed by atoms with Gasteiger partial charge in [0.1, 0.15) is 0 Å². The molecule has 11 heteroatoms. The van der Waals surface area contributed by atoms with E-state index in [0.717, 1.165) is 0 Å². The molecule has 0 spiro atoms. The first kappa shape index (κ1) is 17.9. The Morgan fingerprint density at radius 2 is 1.36 bits per heavy atom. The maximum atomic E-state index is 11.8. The number of hydrogen-bond acceptors (Lipinski definition) is 3. The Balaban J connectivity index is 0. The SMILES string of the molecule is O=S(=O)([O-])C(F)(F)C(F)C(F)(F)F.[Cs+]. The first-order valence-electron chi connectivity index (χ1n) is 2.44. The minimum Gasteiger partial charge on any atom is -0.743 e. The molecule has 0 bridgehead atoms. The molecule has 0 aromatic rings. The minimum atomic E-state index is -6.66. The Morgan fingerprint density at radius 3 is 1.43 bits per heavy atom. The summed E-state index contributed by atoms with van der Waals surface area (Å²) >= 11 is 0. The summed E-state index contributed by atoms with van der Waals surface area (Å²) in [7, 11) is -6.66. The summed E-state index contributed by atoms with van der Waals surface area (Å²) in [5.41, 5.74) is 0. The zero-order valence-corrected chi connectivity index (χ0v) is 13.6. The van der Waals surface area contributed by atoms with Gasteiger partial charge in [0.15, 0.2) is 10.1 Å². The van der Waals surface area contributed by atoms with Gasteiger partial charge in [-0.25, -0.2) is 12.8 Å². The van der Waals surface area contributed by atoms with E-state index in [9.17, 15) is 39.3 Å². The van der Waals surface area contributed by atoms with Gasteiger partial charge < -0.3 is 4.55 Å². The van der Waals surface area contributed by atoms with Crippen LogP contribution >= 0.6 is 0 Å². The Bertz CT molecular complexity index is 283. The Labute approximate surface area is 133 Å². The topological polar surface area (TPSA) is 57.2 Å². The van der Waals surface area contributed by atoms with Gasteiger partial charge in [0.25, 0.3) is 6.17 Å². The molecule has 0 N–H and O–H groups in total. The summed E-state index contributed by atoms with van der Waals surface area (Å²) in [5, 5.41) is -5.99. The van der Waals surface area contributed by atoms with Gasteiger partial charge in [0.05, 0.1) is 0 Å². The van der Waals surface area contributed by atoms with E-state index in [1.165, 1.54) is 0 Å². The van der Waals surface area contributed by atoms with Crippen molar-refractivity contribution in [3.05, 3.63) is 0 Å². The monoisotopic (exact) mass is 364 g/mol. The molecule has 0 rings (SSSR count). The molecular weight excluding hydrogens is 363 g/mol. The second-order valence-corrected chi connectivity index (χ2v) is 3.37. The molecule has 1 atom stereocenters. The van der Waals surface area contributed by atoms with E-state index in [1.54, 1.807) is 0 Å². The Kier molecular flexibility index (Phi) is 6.72. The van der Waals surface area contributed by atoms with E-state index < -0.39 is 27.7 Å². The Hall–Kier alpha value is 1.54. The first-order valence-corrected chi connectivity index (χ1v) is 3.85. The molecule has 0 aliphatic heterocycles. The molecule has 0 saturated heterocycles. The van der Waals surface area contributed by atoms with E-state index >= 15 is 0 Å². The van der Waals surface area contributed by atoms with Crippen molar-refractivity contribution in [3.8, 4) is 0 Å². The first-order chi connectivity index (χ1) is 5.40. The minimum absolute atomic E-state index is 0. The van der Waals surface area contributed by atoms with Crippen molar-refractivity contribution in [2.24, 2.45) is 0 Å². The average molecular weight is 364 g/mol. The van der Waals surface area contributed by atoms with E-state index in [1.807, 2.05) is 0 Å². The molecule has 0 aliphatic rings. The normalized spacial score (nSPS) is 15.9. The van der Waals surface area contributed by atoms with Gasteiger partial charge in [-0.2, -0.15) is 22.0 Å². The quantitative estimate of drug-likeness (QED) is 0.422. The van der Waals surface area contributed by atoms with E-state index in [0.29, 0.717) is 0 Å². The van der Waals surface area contributed by atoms with Crippen molar-refractivity contribution in [1.82, 2.24) is 0 Å². The van der Waals surface area contributed by atoms with Crippen LogP contribution in [0.25, 0.3) is 0 Å². The summed E-state index contributed by atoms with van der Waals surface area (Å²) in [6.45, 7) is 0. The molecule has 3 nitrogen and oxygen atoms in total. The Morgan fingerprint density at radius 1 is 1.07 bits per heavy atom. The molecule has 0 radical (unpaired) electrons. The van der Waals surface area contributed by atoms with Crippen molar-refractivity contribution >= 4 is 10.1 Å². The fraction of sp³-hybridized carbons (Fsp3) is 1.00. The zero-order valence-electron chi connectivity index (χ0n) is 6.48. The van der Waals surface area contributed by atoms with Gasteiger partial charge in [-0.3, -0.25) is 0 Å². The fourth-order valence-corrected chi connectivity index (χ4v) is 0.704. The fourth-order valence-electron chi connectivity index (χ4n) is 0.317. The van der Waals surface area contributed by atoms with E-state index in [4.69, 9.17) is 0 Å². The van der Waals surface area contributed by atoms with E-state index in [2.05, 4.69) is 0 Å². The number of alkyl halides is 6. The van der Waals surface area contributed by atoms with Crippen LogP contribution in [0.15, 0.2) is 0 Å². The molecule has 14 heavy (non-hydrogen) atoms. The van der Waals surface area contributed by atoms with Crippen molar-refractivity contribution in [3.63, 3.8) is 0 Å². The maximum Gasteiger partial charge on any atom is 1.00 e. The van der Waals surface area contributed by atoms with Crippen LogP contribution < -0.4 is 68.9 Å². The molecule has 0 saturated carbocycles. The van der Waals surface area contributed by atoms with Crippen LogP contribution in [0.2, 0.25) is 0 Å². The molecular formula is C3HCsF6O3S. The van der Waals surface area contributed by atoms with Crippen LogP contribution in [0.3, 0.4) is 0 Å². The van der Waals surface area contributed by atoms with Gasteiger partial charge in [-0.05, 0) is 0 Å². The van der Waals surface area contributed by atoms with E-state index in [-0.39, 0.29) is 68.9 Å². The molecule has 0 aromatic heterocycles. The maximum absolute atomic E-state index is 11.8. The summed E-state index contributed by atoms with van der Waals surface area (Å²) in [4.78, 5) is 0. The molecule has 0 aromatic carbocycles. The van der Waals surface area contributed by atoms with Gasteiger partial charge in [-0.15, -0.1) is 0 Å². The predicted molar refractivity (Wildman–Crippen MR) is 25.6 cm³/mol. The third-order valence-corrected chi connectivity index (χ3v) is 1.79. The van der Waals surface area contributed by atoms with Crippen LogP contribution in [-0.2, 0) is 10.1 Å². The van der Waals surface area contributed by atoms with Crippen LogP contribution in [0.1, 0.15) is 0 Å². The molecule has 0 heterocycles. The molecule has 1 unspecified atom stereocenters. The van der Waals surface area contributed by atoms with Gasteiger partial charge >= 0.3 is 80.3 Å². The standard InChI is InChI=1S/C3H2F6O3S.Cs/c4-1(2(5,6)7)3(8,9)13(10,11)12;/h1H,(H,10,11,12);/q;+1/p-1. The number of hydrogen-bond donors (Lipinski definition) is 0. The summed E-state index contributed by atoms with van der Waals surface area (Å²) in [6, 6.07) is 0. The number of rotatable bonds is 2. The van der Waals surface area contributed by atoms with Gasteiger partial charge in [0.2, 0.25) is 0 Å². The van der Waals surface area contributed by atoms with Crippen molar-refractivity contribution < 1.29 is 108 Å². The molecule has 0 fully saturated rings. The molecule has 0 amide bonds. The van der Waals surface area contributed by atoms with Crippen molar-refractivity contribution in [1.29, 1.82) is 0 Å². The summed E-state index contributed by atoms with van der Waals surface area (Å²) in [5.74, 6) is 0. The summed E-state index contributed by atoms with van der Waals surface area (Å²) in [6.07, 6.45) is -11.1. The third kappa shape index (κ3) is 4.19. The summed E-state index contributed by atoms with van der Waals surface area (Å²) < 4.78 is 97.5. The zero-order chi connectivity index (χ0) is 11.1. The molecule has 0 aliphatic carbocycles.